The van der Waals surface area contributed by atoms with Gasteiger partial charge in [0.25, 0.3) is 0 Å². The zero-order chi connectivity index (χ0) is 12.9. The minimum absolute atomic E-state index is 0.0444. The third kappa shape index (κ3) is 5.50. The quantitative estimate of drug-likeness (QED) is 0.768. The molecule has 1 amide bonds. The van der Waals surface area contributed by atoms with Gasteiger partial charge in [-0.1, -0.05) is 0 Å². The maximum Gasteiger partial charge on any atom is 0.222 e. The Hall–Kier alpha value is -0.610. The van der Waals surface area contributed by atoms with Gasteiger partial charge in [0.15, 0.2) is 0 Å². The van der Waals surface area contributed by atoms with Crippen LogP contribution in [0.15, 0.2) is 0 Å². The molecule has 1 fully saturated rings. The number of aliphatic hydroxyl groups excluding tert-OH is 1. The number of ether oxygens (including phenoxy) is 1. The number of nitrogens with one attached hydrogen (secondary N) is 1. The molecular formula is C13H25NO3. The Labute approximate surface area is 104 Å². The van der Waals surface area contributed by atoms with E-state index in [9.17, 15) is 9.90 Å². The van der Waals surface area contributed by atoms with Crippen LogP contribution in [0.2, 0.25) is 0 Å². The van der Waals surface area contributed by atoms with Gasteiger partial charge in [0.2, 0.25) is 5.91 Å². The van der Waals surface area contributed by atoms with Crippen molar-refractivity contribution in [2.75, 3.05) is 13.7 Å². The number of amides is 1. The molecule has 0 radical (unpaired) electrons. The summed E-state index contributed by atoms with van der Waals surface area (Å²) in [5, 5.41) is 12.3. The van der Waals surface area contributed by atoms with Crippen molar-refractivity contribution in [1.82, 2.24) is 5.32 Å². The van der Waals surface area contributed by atoms with Gasteiger partial charge in [-0.2, -0.15) is 0 Å². The summed E-state index contributed by atoms with van der Waals surface area (Å²) in [4.78, 5) is 11.7. The van der Waals surface area contributed by atoms with Crippen LogP contribution in [0, 0.1) is 5.92 Å². The Morgan fingerprint density at radius 3 is 2.47 bits per heavy atom. The maximum absolute atomic E-state index is 11.7. The van der Waals surface area contributed by atoms with Crippen LogP contribution >= 0.6 is 0 Å². The average Bonchev–Trinajstić information content (AvgIpc) is 2.28. The maximum atomic E-state index is 11.7. The van der Waals surface area contributed by atoms with Crippen molar-refractivity contribution in [3.05, 3.63) is 0 Å². The highest BCUT2D eigenvalue weighted by Crippen LogP contribution is 2.23. The van der Waals surface area contributed by atoms with Crippen molar-refractivity contribution in [2.45, 2.75) is 57.7 Å². The van der Waals surface area contributed by atoms with Crippen LogP contribution in [-0.4, -0.2) is 36.4 Å². The topological polar surface area (TPSA) is 58.6 Å². The van der Waals surface area contributed by atoms with E-state index in [1.807, 2.05) is 13.8 Å². The van der Waals surface area contributed by atoms with Gasteiger partial charge in [-0.25, -0.2) is 0 Å². The first-order valence-corrected chi connectivity index (χ1v) is 6.43. The highest BCUT2D eigenvalue weighted by Gasteiger charge is 2.23. The monoisotopic (exact) mass is 243 g/mol. The first-order valence-electron chi connectivity index (χ1n) is 6.43. The fraction of sp³-hybridized carbons (Fsp3) is 0.923. The van der Waals surface area contributed by atoms with Crippen LogP contribution in [-0.2, 0) is 9.53 Å². The lowest BCUT2D eigenvalue weighted by Gasteiger charge is -2.26. The molecule has 1 rings (SSSR count). The van der Waals surface area contributed by atoms with E-state index in [-0.39, 0.29) is 12.0 Å². The number of methoxy groups -OCH3 is 1. The van der Waals surface area contributed by atoms with Gasteiger partial charge >= 0.3 is 0 Å². The number of carbonyl (C=O) groups excluding carboxylic acids is 1. The second-order valence-corrected chi connectivity index (χ2v) is 5.62. The summed E-state index contributed by atoms with van der Waals surface area (Å²) in [6.07, 6.45) is 4.01. The summed E-state index contributed by atoms with van der Waals surface area (Å²) in [6.45, 7) is 4.54. The second-order valence-electron chi connectivity index (χ2n) is 5.62. The SMILES string of the molecule is COC(C)(C)CC(=O)NCC1CCC(O)CC1. The number of hydrogen-bond donors (Lipinski definition) is 2. The Bertz CT molecular complexity index is 245. The van der Waals surface area contributed by atoms with Crippen LogP contribution < -0.4 is 5.32 Å². The Balaban J connectivity index is 2.20. The molecule has 0 aliphatic heterocycles. The van der Waals surface area contributed by atoms with Crippen LogP contribution in [0.1, 0.15) is 46.0 Å². The summed E-state index contributed by atoms with van der Waals surface area (Å²) in [6, 6.07) is 0. The molecule has 0 saturated heterocycles. The van der Waals surface area contributed by atoms with Crippen LogP contribution in [0.3, 0.4) is 0 Å². The molecule has 0 atom stereocenters. The molecule has 0 aromatic heterocycles. The van der Waals surface area contributed by atoms with Gasteiger partial charge in [-0.05, 0) is 45.4 Å². The fourth-order valence-corrected chi connectivity index (χ4v) is 2.13. The smallest absolute Gasteiger partial charge is 0.222 e. The number of carbonyl (C=O) groups is 1. The van der Waals surface area contributed by atoms with Crippen LogP contribution in [0.25, 0.3) is 0 Å². The summed E-state index contributed by atoms with van der Waals surface area (Å²) in [5.41, 5.74) is -0.396. The summed E-state index contributed by atoms with van der Waals surface area (Å²) in [5.74, 6) is 0.566. The third-order valence-electron chi connectivity index (χ3n) is 3.54. The zero-order valence-electron chi connectivity index (χ0n) is 11.2. The molecule has 0 aromatic carbocycles. The molecule has 2 N–H and O–H groups in total. The molecule has 0 heterocycles. The fourth-order valence-electron chi connectivity index (χ4n) is 2.13. The van der Waals surface area contributed by atoms with Crippen molar-refractivity contribution < 1.29 is 14.6 Å². The lowest BCUT2D eigenvalue weighted by atomic mass is 9.87. The lowest BCUT2D eigenvalue weighted by molar-refractivity contribution is -0.126. The average molecular weight is 243 g/mol. The van der Waals surface area contributed by atoms with Gasteiger partial charge in [0.1, 0.15) is 0 Å². The van der Waals surface area contributed by atoms with E-state index in [1.165, 1.54) is 0 Å². The molecule has 0 bridgehead atoms. The van der Waals surface area contributed by atoms with E-state index in [1.54, 1.807) is 7.11 Å². The van der Waals surface area contributed by atoms with Gasteiger partial charge in [-0.3, -0.25) is 4.79 Å². The van der Waals surface area contributed by atoms with Crippen molar-refractivity contribution in [3.8, 4) is 0 Å². The normalized spacial score (nSPS) is 25.6. The molecule has 0 spiro atoms. The Morgan fingerprint density at radius 2 is 1.94 bits per heavy atom. The lowest BCUT2D eigenvalue weighted by Crippen LogP contribution is -2.37. The van der Waals surface area contributed by atoms with E-state index in [2.05, 4.69) is 5.32 Å². The summed E-state index contributed by atoms with van der Waals surface area (Å²) in [7, 11) is 1.62. The zero-order valence-corrected chi connectivity index (χ0v) is 11.2. The molecular weight excluding hydrogens is 218 g/mol. The number of hydrogen-bond acceptors (Lipinski definition) is 3. The molecule has 1 aliphatic carbocycles. The van der Waals surface area contributed by atoms with E-state index < -0.39 is 5.60 Å². The molecule has 1 saturated carbocycles. The van der Waals surface area contributed by atoms with Crippen molar-refractivity contribution in [2.24, 2.45) is 5.92 Å². The van der Waals surface area contributed by atoms with Crippen LogP contribution in [0.5, 0.6) is 0 Å². The number of rotatable bonds is 5. The van der Waals surface area contributed by atoms with Gasteiger partial charge in [0, 0.05) is 13.7 Å². The van der Waals surface area contributed by atoms with Crippen molar-refractivity contribution in [3.63, 3.8) is 0 Å². The summed E-state index contributed by atoms with van der Waals surface area (Å²) < 4.78 is 5.22. The minimum Gasteiger partial charge on any atom is -0.393 e. The highest BCUT2D eigenvalue weighted by molar-refractivity contribution is 5.76. The highest BCUT2D eigenvalue weighted by atomic mass is 16.5. The largest absolute Gasteiger partial charge is 0.393 e. The molecule has 4 heteroatoms. The molecule has 17 heavy (non-hydrogen) atoms. The number of aliphatic hydroxyl groups is 1. The van der Waals surface area contributed by atoms with Gasteiger partial charge in [0.05, 0.1) is 18.1 Å². The third-order valence-corrected chi connectivity index (χ3v) is 3.54. The summed E-state index contributed by atoms with van der Waals surface area (Å²) >= 11 is 0. The van der Waals surface area contributed by atoms with E-state index in [0.29, 0.717) is 12.3 Å². The van der Waals surface area contributed by atoms with E-state index >= 15 is 0 Å². The predicted octanol–water partition coefficient (Wildman–Crippen LogP) is 1.47. The molecule has 4 nitrogen and oxygen atoms in total. The van der Waals surface area contributed by atoms with E-state index in [4.69, 9.17) is 4.74 Å². The molecule has 0 unspecified atom stereocenters. The van der Waals surface area contributed by atoms with Gasteiger partial charge < -0.3 is 15.2 Å². The predicted molar refractivity (Wildman–Crippen MR) is 66.7 cm³/mol. The van der Waals surface area contributed by atoms with Crippen LogP contribution in [0.4, 0.5) is 0 Å². The molecule has 1 aliphatic rings. The first kappa shape index (κ1) is 14.5. The second kappa shape index (κ2) is 6.36. The standard InChI is InChI=1S/C13H25NO3/c1-13(2,17-3)8-12(16)14-9-10-4-6-11(15)7-5-10/h10-11,15H,4-9H2,1-3H3,(H,14,16). The molecule has 100 valence electrons. The minimum atomic E-state index is -0.396. The van der Waals surface area contributed by atoms with Gasteiger partial charge in [-0.15, -0.1) is 0 Å². The first-order chi connectivity index (χ1) is 7.93. The van der Waals surface area contributed by atoms with Crippen molar-refractivity contribution in [1.29, 1.82) is 0 Å². The Morgan fingerprint density at radius 1 is 1.35 bits per heavy atom. The van der Waals surface area contributed by atoms with Crippen molar-refractivity contribution >= 4 is 5.91 Å². The molecule has 0 aromatic rings. The van der Waals surface area contributed by atoms with E-state index in [0.717, 1.165) is 32.2 Å². The Kier molecular flexibility index (Phi) is 5.40.